The fraction of sp³-hybridized carbons (Fsp3) is 1.00. The van der Waals surface area contributed by atoms with E-state index in [-0.39, 0.29) is 20.3 Å². The molecule has 0 bridgehead atoms. The van der Waals surface area contributed by atoms with E-state index in [0.717, 1.165) is 39.3 Å². The largest absolute Gasteiger partial charge is 1.00 e. The predicted octanol–water partition coefficient (Wildman–Crippen LogP) is -1.04. The van der Waals surface area contributed by atoms with Gasteiger partial charge in [0.25, 0.3) is 0 Å². The third-order valence-corrected chi connectivity index (χ3v) is 1.50. The third-order valence-electron chi connectivity index (χ3n) is 1.50. The van der Waals surface area contributed by atoms with Crippen molar-refractivity contribution in [1.82, 2.24) is 16.0 Å². The molecule has 0 atom stereocenters. The Bertz CT molecular complexity index is 58.5. The Morgan fingerprint density at radius 2 is 0.625 bits per heavy atom. The smallest absolute Gasteiger partial charge is 1.00 e. The van der Waals surface area contributed by atoms with Crippen molar-refractivity contribution in [2.24, 2.45) is 0 Å². The van der Waals surface area contributed by atoms with Gasteiger partial charge in [-0.15, -0.1) is 0 Å². The van der Waals surface area contributed by atoms with E-state index in [1.54, 1.807) is 0 Å². The molecule has 0 aliphatic heterocycles. The molecule has 0 saturated heterocycles. The Kier molecular flexibility index (Phi) is 57.2. The Morgan fingerprint density at radius 3 is 0.625 bits per heavy atom. The molecule has 0 aliphatic carbocycles. The van der Waals surface area contributed by atoms with Gasteiger partial charge in [0, 0.05) is 0 Å². The van der Waals surface area contributed by atoms with Crippen molar-refractivity contribution < 1.29 is 20.3 Å². The summed E-state index contributed by atoms with van der Waals surface area (Å²) < 4.78 is 0. The number of hydrogen-bond acceptors (Lipinski definition) is 3. The van der Waals surface area contributed by atoms with Crippen molar-refractivity contribution in [3.8, 4) is 0 Å². The fourth-order valence-electron chi connectivity index (χ4n) is 0.750. The number of nitrogens with one attached hydrogen (secondary N) is 3. The Hall–Kier alpha value is 0.477. The van der Waals surface area contributed by atoms with Gasteiger partial charge in [0.05, 0.1) is 0 Å². The summed E-state index contributed by atoms with van der Waals surface area (Å²) in [6, 6.07) is 0. The molecule has 0 heterocycles. The second-order valence-electron chi connectivity index (χ2n) is 2.87. The molecule has 0 aliphatic rings. The summed E-state index contributed by atoms with van der Waals surface area (Å²) in [6.45, 7) is 19.2. The van der Waals surface area contributed by atoms with Crippen LogP contribution in [-0.2, 0) is 0 Å². The van der Waals surface area contributed by atoms with Gasteiger partial charge in [-0.2, -0.15) is 0 Å². The predicted molar refractivity (Wildman–Crippen MR) is 73.8 cm³/mol. The molecule has 98 valence electrons. The molecule has 16 heavy (non-hydrogen) atoms. The maximum Gasteiger partial charge on any atom is 1.00 e. The SMILES string of the molecule is CCNCC.CCNCC.CCNCC.[H-].[Li+]. The molecule has 0 aromatic carbocycles. The van der Waals surface area contributed by atoms with Gasteiger partial charge in [-0.25, -0.2) is 0 Å². The molecule has 0 aromatic heterocycles. The van der Waals surface area contributed by atoms with Crippen LogP contribution in [0.3, 0.4) is 0 Å². The third kappa shape index (κ3) is 62.7. The molecule has 4 heteroatoms. The van der Waals surface area contributed by atoms with E-state index in [1.165, 1.54) is 0 Å². The van der Waals surface area contributed by atoms with E-state index >= 15 is 0 Å². The summed E-state index contributed by atoms with van der Waals surface area (Å²) in [6.07, 6.45) is 0. The van der Waals surface area contributed by atoms with Gasteiger partial charge in [-0.3, -0.25) is 0 Å². The standard InChI is InChI=1S/3C4H11N.Li.H/c3*1-3-5-4-2;;/h3*5H,3-4H2,1-2H3;;/q;;;+1;-1. The first kappa shape index (κ1) is 25.4. The van der Waals surface area contributed by atoms with E-state index in [0.29, 0.717) is 0 Å². The van der Waals surface area contributed by atoms with Crippen LogP contribution in [0.1, 0.15) is 43.0 Å². The van der Waals surface area contributed by atoms with Crippen LogP contribution in [-0.4, -0.2) is 39.3 Å². The molecule has 3 N–H and O–H groups in total. The van der Waals surface area contributed by atoms with Crippen LogP contribution in [0, 0.1) is 0 Å². The summed E-state index contributed by atoms with van der Waals surface area (Å²) in [4.78, 5) is 0. The van der Waals surface area contributed by atoms with E-state index in [4.69, 9.17) is 0 Å². The van der Waals surface area contributed by atoms with Gasteiger partial charge >= 0.3 is 18.9 Å². The summed E-state index contributed by atoms with van der Waals surface area (Å²) in [5.74, 6) is 0. The molecule has 0 aromatic rings. The van der Waals surface area contributed by atoms with E-state index in [1.807, 2.05) is 0 Å². The number of rotatable bonds is 6. The minimum atomic E-state index is 0. The van der Waals surface area contributed by atoms with Gasteiger partial charge in [0.15, 0.2) is 0 Å². The van der Waals surface area contributed by atoms with Crippen molar-refractivity contribution in [2.75, 3.05) is 39.3 Å². The average molecular weight is 227 g/mol. The second kappa shape index (κ2) is 36.1. The van der Waals surface area contributed by atoms with Gasteiger partial charge in [-0.05, 0) is 39.3 Å². The van der Waals surface area contributed by atoms with Gasteiger partial charge in [0.1, 0.15) is 0 Å². The van der Waals surface area contributed by atoms with E-state index in [9.17, 15) is 0 Å². The molecule has 0 amide bonds. The Labute approximate surface area is 117 Å². The molecule has 0 radical (unpaired) electrons. The molecule has 0 rings (SSSR count). The average Bonchev–Trinajstić information content (AvgIpc) is 2.23. The van der Waals surface area contributed by atoms with Gasteiger partial charge < -0.3 is 17.4 Å². The molecule has 0 unspecified atom stereocenters. The minimum Gasteiger partial charge on any atom is -1.00 e. The fourth-order valence-corrected chi connectivity index (χ4v) is 0.750. The minimum absolute atomic E-state index is 0. The molecule has 0 fully saturated rings. The zero-order valence-corrected chi connectivity index (χ0v) is 12.7. The molecule has 0 saturated carbocycles. The van der Waals surface area contributed by atoms with Crippen LogP contribution in [0.15, 0.2) is 0 Å². The second-order valence-corrected chi connectivity index (χ2v) is 2.87. The molecular formula is C12H34LiN3. The van der Waals surface area contributed by atoms with E-state index < -0.39 is 0 Å². The number of hydrogen-bond donors (Lipinski definition) is 3. The van der Waals surface area contributed by atoms with Crippen molar-refractivity contribution in [2.45, 2.75) is 41.5 Å². The van der Waals surface area contributed by atoms with Crippen LogP contribution in [0.5, 0.6) is 0 Å². The Balaban J connectivity index is -0.0000000400. The zero-order valence-electron chi connectivity index (χ0n) is 13.7. The van der Waals surface area contributed by atoms with Gasteiger partial charge in [0.2, 0.25) is 0 Å². The van der Waals surface area contributed by atoms with Crippen molar-refractivity contribution >= 4 is 0 Å². The van der Waals surface area contributed by atoms with Gasteiger partial charge in [-0.1, -0.05) is 41.5 Å². The van der Waals surface area contributed by atoms with Crippen molar-refractivity contribution in [1.29, 1.82) is 0 Å². The topological polar surface area (TPSA) is 36.1 Å². The van der Waals surface area contributed by atoms with Crippen LogP contribution < -0.4 is 34.8 Å². The van der Waals surface area contributed by atoms with Crippen molar-refractivity contribution in [3.05, 3.63) is 0 Å². The first-order chi connectivity index (χ1) is 7.24. The van der Waals surface area contributed by atoms with Crippen LogP contribution in [0.25, 0.3) is 0 Å². The zero-order chi connectivity index (χ0) is 12.4. The maximum absolute atomic E-state index is 3.11. The normalized spacial score (nSPS) is 7.88. The molecule has 0 spiro atoms. The summed E-state index contributed by atoms with van der Waals surface area (Å²) in [5.41, 5.74) is 0. The summed E-state index contributed by atoms with van der Waals surface area (Å²) in [5, 5.41) is 9.33. The van der Waals surface area contributed by atoms with Crippen LogP contribution in [0.2, 0.25) is 0 Å². The molecular weight excluding hydrogens is 193 g/mol. The first-order valence-electron chi connectivity index (χ1n) is 6.36. The molecule has 3 nitrogen and oxygen atoms in total. The monoisotopic (exact) mass is 227 g/mol. The first-order valence-corrected chi connectivity index (χ1v) is 6.36. The van der Waals surface area contributed by atoms with Crippen LogP contribution in [0.4, 0.5) is 0 Å². The summed E-state index contributed by atoms with van der Waals surface area (Å²) >= 11 is 0. The quantitative estimate of drug-likeness (QED) is 0.508. The Morgan fingerprint density at radius 1 is 0.500 bits per heavy atom. The van der Waals surface area contributed by atoms with E-state index in [2.05, 4.69) is 57.5 Å². The maximum atomic E-state index is 3.11. The van der Waals surface area contributed by atoms with Crippen LogP contribution >= 0.6 is 0 Å². The summed E-state index contributed by atoms with van der Waals surface area (Å²) in [7, 11) is 0. The van der Waals surface area contributed by atoms with Crippen molar-refractivity contribution in [3.63, 3.8) is 0 Å².